The summed E-state index contributed by atoms with van der Waals surface area (Å²) in [6.45, 7) is 0.0561. The lowest BCUT2D eigenvalue weighted by molar-refractivity contribution is -0.387. The second-order valence-electron chi connectivity index (χ2n) is 7.23. The molecule has 32 heavy (non-hydrogen) atoms. The van der Waals surface area contributed by atoms with Crippen LogP contribution in [0.5, 0.6) is 0 Å². The van der Waals surface area contributed by atoms with Crippen LogP contribution in [0.1, 0.15) is 6.42 Å². The number of aromatic nitrogens is 2. The molecule has 0 aliphatic carbocycles. The maximum atomic E-state index is 13.6. The van der Waals surface area contributed by atoms with E-state index >= 15 is 0 Å². The van der Waals surface area contributed by atoms with E-state index in [1.807, 2.05) is 29.9 Å². The normalized spacial score (nSPS) is 15.8. The number of rotatable bonds is 6. The highest BCUT2D eigenvalue weighted by Crippen LogP contribution is 2.31. The van der Waals surface area contributed by atoms with Crippen molar-refractivity contribution in [3.63, 3.8) is 0 Å². The average molecular weight is 455 g/mol. The van der Waals surface area contributed by atoms with E-state index in [0.717, 1.165) is 22.2 Å². The van der Waals surface area contributed by atoms with Gasteiger partial charge in [-0.15, -0.1) is 0 Å². The summed E-state index contributed by atoms with van der Waals surface area (Å²) < 4.78 is 15.5. The molecule has 0 radical (unpaired) electrons. The number of anilines is 2. The highest BCUT2D eigenvalue weighted by Gasteiger charge is 2.36. The number of carbonyl (C=O) groups is 2. The number of hydrogen-bond acceptors (Lipinski definition) is 6. The van der Waals surface area contributed by atoms with Gasteiger partial charge in [0.1, 0.15) is 0 Å². The minimum Gasteiger partial charge on any atom is -0.329 e. The van der Waals surface area contributed by atoms with Crippen molar-refractivity contribution >= 4 is 40.6 Å². The summed E-state index contributed by atoms with van der Waals surface area (Å²) in [5, 5.41) is 14.6. The summed E-state index contributed by atoms with van der Waals surface area (Å²) in [5.41, 5.74) is 0.0586. The standard InChI is InChI=1S/C21H18FN5O4S/c1-25-9-8-23-21(25)32-16-5-2-14(3-6-16)24-20(29)13-10-19(28)26(12-13)15-4-7-17(22)18(11-15)27(30)31/h2-9,11,13H,10,12H2,1H3,(H,24,29). The molecular weight excluding hydrogens is 437 g/mol. The van der Waals surface area contributed by atoms with Crippen molar-refractivity contribution in [2.24, 2.45) is 13.0 Å². The topological polar surface area (TPSA) is 110 Å². The number of benzene rings is 2. The van der Waals surface area contributed by atoms with Crippen molar-refractivity contribution in [2.75, 3.05) is 16.8 Å². The number of hydrogen-bond donors (Lipinski definition) is 1. The smallest absolute Gasteiger partial charge is 0.306 e. The molecule has 4 rings (SSSR count). The van der Waals surface area contributed by atoms with Gasteiger partial charge in [0.25, 0.3) is 0 Å². The van der Waals surface area contributed by atoms with E-state index in [9.17, 15) is 24.1 Å². The Morgan fingerprint density at radius 1 is 1.28 bits per heavy atom. The molecule has 0 bridgehead atoms. The van der Waals surface area contributed by atoms with E-state index in [2.05, 4.69) is 10.3 Å². The molecule has 1 unspecified atom stereocenters. The Morgan fingerprint density at radius 2 is 2.03 bits per heavy atom. The summed E-state index contributed by atoms with van der Waals surface area (Å²) in [5.74, 6) is -2.30. The van der Waals surface area contributed by atoms with Crippen LogP contribution in [0.15, 0.2) is 64.9 Å². The summed E-state index contributed by atoms with van der Waals surface area (Å²) in [6.07, 6.45) is 3.53. The van der Waals surface area contributed by atoms with Gasteiger partial charge in [-0.05, 0) is 36.4 Å². The summed E-state index contributed by atoms with van der Waals surface area (Å²) >= 11 is 1.49. The minimum atomic E-state index is -0.982. The summed E-state index contributed by atoms with van der Waals surface area (Å²) in [7, 11) is 1.90. The van der Waals surface area contributed by atoms with Gasteiger partial charge in [0, 0.05) is 49.1 Å². The van der Waals surface area contributed by atoms with Crippen LogP contribution in [0, 0.1) is 21.8 Å². The van der Waals surface area contributed by atoms with E-state index in [1.165, 1.54) is 22.7 Å². The number of halogens is 1. The average Bonchev–Trinajstić information content (AvgIpc) is 3.35. The number of aryl methyl sites for hydroxylation is 1. The van der Waals surface area contributed by atoms with Crippen LogP contribution in [0.3, 0.4) is 0 Å². The van der Waals surface area contributed by atoms with Gasteiger partial charge in [-0.1, -0.05) is 11.8 Å². The van der Waals surface area contributed by atoms with Crippen LogP contribution in [0.2, 0.25) is 0 Å². The van der Waals surface area contributed by atoms with Crippen molar-refractivity contribution < 1.29 is 18.9 Å². The second kappa shape index (κ2) is 8.79. The molecular formula is C21H18FN5O4S. The number of nitrogens with one attached hydrogen (secondary N) is 1. The maximum Gasteiger partial charge on any atom is 0.306 e. The van der Waals surface area contributed by atoms with Gasteiger partial charge in [0.2, 0.25) is 17.6 Å². The fourth-order valence-corrected chi connectivity index (χ4v) is 4.15. The van der Waals surface area contributed by atoms with E-state index < -0.39 is 22.3 Å². The first-order valence-corrected chi connectivity index (χ1v) is 10.4. The molecule has 1 N–H and O–H groups in total. The lowest BCUT2D eigenvalue weighted by atomic mass is 10.1. The van der Waals surface area contributed by atoms with Crippen LogP contribution in [0.4, 0.5) is 21.5 Å². The quantitative estimate of drug-likeness (QED) is 0.449. The zero-order valence-corrected chi connectivity index (χ0v) is 17.7. The lowest BCUT2D eigenvalue weighted by Gasteiger charge is -2.16. The molecule has 1 atom stereocenters. The number of amides is 2. The number of carbonyl (C=O) groups excluding carboxylic acids is 2. The molecule has 2 aromatic carbocycles. The predicted octanol–water partition coefficient (Wildman–Crippen LogP) is 3.61. The fourth-order valence-electron chi connectivity index (χ4n) is 3.35. The molecule has 1 aliphatic rings. The van der Waals surface area contributed by atoms with Crippen molar-refractivity contribution in [1.29, 1.82) is 0 Å². The van der Waals surface area contributed by atoms with Crippen LogP contribution in [-0.2, 0) is 16.6 Å². The molecule has 9 nitrogen and oxygen atoms in total. The molecule has 11 heteroatoms. The van der Waals surface area contributed by atoms with Gasteiger partial charge in [0.05, 0.1) is 16.5 Å². The molecule has 0 spiro atoms. The third kappa shape index (κ3) is 4.47. The van der Waals surface area contributed by atoms with Crippen LogP contribution in [-0.4, -0.2) is 32.8 Å². The predicted molar refractivity (Wildman–Crippen MR) is 116 cm³/mol. The molecule has 2 amide bonds. The number of nitro groups is 1. The number of nitrogens with zero attached hydrogens (tertiary/aromatic N) is 4. The molecule has 1 aliphatic heterocycles. The Hall–Kier alpha value is -3.73. The third-order valence-corrected chi connectivity index (χ3v) is 6.13. The first-order valence-electron chi connectivity index (χ1n) is 9.62. The van der Waals surface area contributed by atoms with Crippen LogP contribution < -0.4 is 10.2 Å². The zero-order valence-electron chi connectivity index (χ0n) is 16.9. The zero-order chi connectivity index (χ0) is 22.8. The van der Waals surface area contributed by atoms with Crippen molar-refractivity contribution in [1.82, 2.24) is 9.55 Å². The fraction of sp³-hybridized carbons (Fsp3) is 0.190. The van der Waals surface area contributed by atoms with E-state index in [1.54, 1.807) is 18.3 Å². The van der Waals surface area contributed by atoms with Crippen molar-refractivity contribution in [3.05, 3.63) is 70.8 Å². The highest BCUT2D eigenvalue weighted by atomic mass is 32.2. The first-order chi connectivity index (χ1) is 15.3. The van der Waals surface area contributed by atoms with Gasteiger partial charge in [0.15, 0.2) is 5.16 Å². The molecule has 3 aromatic rings. The summed E-state index contributed by atoms with van der Waals surface area (Å²) in [6, 6.07) is 10.5. The molecule has 164 valence electrons. The molecule has 2 heterocycles. The molecule has 1 fully saturated rings. The number of nitro benzene ring substituents is 1. The van der Waals surface area contributed by atoms with Crippen LogP contribution in [0.25, 0.3) is 0 Å². The molecule has 1 saturated heterocycles. The third-order valence-electron chi connectivity index (χ3n) is 5.04. The minimum absolute atomic E-state index is 0.0376. The Balaban J connectivity index is 1.40. The molecule has 0 saturated carbocycles. The highest BCUT2D eigenvalue weighted by molar-refractivity contribution is 7.99. The largest absolute Gasteiger partial charge is 0.329 e. The second-order valence-corrected chi connectivity index (χ2v) is 8.28. The number of imidazole rings is 1. The SMILES string of the molecule is Cn1ccnc1Sc1ccc(NC(=O)C2CC(=O)N(c3ccc(F)c([N+](=O)[O-])c3)C2)cc1. The van der Waals surface area contributed by atoms with Crippen LogP contribution >= 0.6 is 11.8 Å². The Morgan fingerprint density at radius 3 is 2.69 bits per heavy atom. The van der Waals surface area contributed by atoms with E-state index in [4.69, 9.17) is 0 Å². The van der Waals surface area contributed by atoms with Crippen molar-refractivity contribution in [3.8, 4) is 0 Å². The summed E-state index contributed by atoms with van der Waals surface area (Å²) in [4.78, 5) is 41.7. The van der Waals surface area contributed by atoms with Crippen molar-refractivity contribution in [2.45, 2.75) is 16.5 Å². The maximum absolute atomic E-state index is 13.6. The van der Waals surface area contributed by atoms with Gasteiger partial charge < -0.3 is 14.8 Å². The first kappa shape index (κ1) is 21.5. The Bertz CT molecular complexity index is 1200. The van der Waals surface area contributed by atoms with Gasteiger partial charge >= 0.3 is 5.69 Å². The van der Waals surface area contributed by atoms with Gasteiger partial charge in [-0.25, -0.2) is 4.98 Å². The Kier molecular flexibility index (Phi) is 5.91. The van der Waals surface area contributed by atoms with Gasteiger partial charge in [-0.2, -0.15) is 4.39 Å². The molecule has 1 aromatic heterocycles. The van der Waals surface area contributed by atoms with E-state index in [-0.39, 0.29) is 30.5 Å². The van der Waals surface area contributed by atoms with Gasteiger partial charge in [-0.3, -0.25) is 19.7 Å². The monoisotopic (exact) mass is 455 g/mol. The van der Waals surface area contributed by atoms with E-state index in [0.29, 0.717) is 5.69 Å². The lowest BCUT2D eigenvalue weighted by Crippen LogP contribution is -2.28. The Labute approximate surface area is 186 Å².